The molecule has 80 valence electrons. The Kier molecular flexibility index (Phi) is 3.84. The molecule has 0 heterocycles. The number of benzene rings is 2. The molecule has 0 saturated heterocycles. The lowest BCUT2D eigenvalue weighted by atomic mass is 10.2. The minimum absolute atomic E-state index is 1.24. The maximum atomic E-state index is 2.15. The molecule has 1 heteroatoms. The molecule has 0 nitrogen and oxygen atoms in total. The lowest BCUT2D eigenvalue weighted by Crippen LogP contribution is -1.71. The third-order valence-corrected chi connectivity index (χ3v) is 3.10. The molecule has 0 fully saturated rings. The van der Waals surface area contributed by atoms with Crippen LogP contribution in [-0.4, -0.2) is 0 Å². The molecular formula is C15H14S. The molecule has 0 amide bonds. The normalized spacial score (nSPS) is 10.8. The van der Waals surface area contributed by atoms with Crippen molar-refractivity contribution < 1.29 is 0 Å². The predicted octanol–water partition coefficient (Wildman–Crippen LogP) is 4.76. The van der Waals surface area contributed by atoms with Crippen LogP contribution in [0.3, 0.4) is 0 Å². The average Bonchev–Trinajstić information content (AvgIpc) is 2.33. The van der Waals surface area contributed by atoms with Crippen LogP contribution < -0.4 is 0 Å². The first kappa shape index (κ1) is 11.0. The maximum Gasteiger partial charge on any atom is 0.0116 e. The van der Waals surface area contributed by atoms with Gasteiger partial charge in [-0.1, -0.05) is 59.8 Å². The standard InChI is InChI=1S/C15H14S/c1-13-7-9-15(10-8-13)16-12-11-14-5-3-2-4-6-14/h2-12H,1H3/b12-11+. The summed E-state index contributed by atoms with van der Waals surface area (Å²) in [5.74, 6) is 0. The molecule has 0 spiro atoms. The second-order valence-corrected chi connectivity index (χ2v) is 4.62. The lowest BCUT2D eigenvalue weighted by molar-refractivity contribution is 1.38. The number of hydrogen-bond acceptors (Lipinski definition) is 1. The van der Waals surface area contributed by atoms with Crippen LogP contribution in [0.2, 0.25) is 0 Å². The van der Waals surface area contributed by atoms with Crippen LogP contribution >= 0.6 is 11.8 Å². The van der Waals surface area contributed by atoms with Crippen LogP contribution in [0.25, 0.3) is 6.08 Å². The van der Waals surface area contributed by atoms with Crippen molar-refractivity contribution in [3.05, 3.63) is 71.1 Å². The molecule has 0 aliphatic rings. The summed E-state index contributed by atoms with van der Waals surface area (Å²) in [6.07, 6.45) is 2.13. The molecule has 0 bridgehead atoms. The van der Waals surface area contributed by atoms with Crippen molar-refractivity contribution in [2.75, 3.05) is 0 Å². The Labute approximate surface area is 101 Å². The van der Waals surface area contributed by atoms with E-state index in [9.17, 15) is 0 Å². The van der Waals surface area contributed by atoms with Crippen LogP contribution in [0, 0.1) is 6.92 Å². The fraction of sp³-hybridized carbons (Fsp3) is 0.0667. The van der Waals surface area contributed by atoms with Gasteiger partial charge in [0.05, 0.1) is 0 Å². The topological polar surface area (TPSA) is 0 Å². The molecule has 0 unspecified atom stereocenters. The molecule has 2 aromatic carbocycles. The SMILES string of the molecule is Cc1ccc(S/C=C/c2ccccc2)cc1. The van der Waals surface area contributed by atoms with E-state index in [0.717, 1.165) is 0 Å². The summed E-state index contributed by atoms with van der Waals surface area (Å²) >= 11 is 1.74. The Morgan fingerprint density at radius 3 is 2.25 bits per heavy atom. The van der Waals surface area contributed by atoms with E-state index in [2.05, 4.69) is 66.9 Å². The van der Waals surface area contributed by atoms with Crippen molar-refractivity contribution in [1.82, 2.24) is 0 Å². The summed E-state index contributed by atoms with van der Waals surface area (Å²) in [6.45, 7) is 2.11. The van der Waals surface area contributed by atoms with Gasteiger partial charge in [0.2, 0.25) is 0 Å². The van der Waals surface area contributed by atoms with Gasteiger partial charge in [0.25, 0.3) is 0 Å². The highest BCUT2D eigenvalue weighted by atomic mass is 32.2. The Hall–Kier alpha value is -1.47. The van der Waals surface area contributed by atoms with Gasteiger partial charge in [-0.3, -0.25) is 0 Å². The number of aryl methyl sites for hydroxylation is 1. The van der Waals surface area contributed by atoms with Gasteiger partial charge in [-0.2, -0.15) is 0 Å². The highest BCUT2D eigenvalue weighted by molar-refractivity contribution is 8.02. The monoisotopic (exact) mass is 226 g/mol. The third-order valence-electron chi connectivity index (χ3n) is 2.29. The average molecular weight is 226 g/mol. The molecule has 0 saturated carbocycles. The van der Waals surface area contributed by atoms with Gasteiger partial charge in [0.1, 0.15) is 0 Å². The van der Waals surface area contributed by atoms with Crippen LogP contribution in [0.15, 0.2) is 64.9 Å². The van der Waals surface area contributed by atoms with E-state index in [4.69, 9.17) is 0 Å². The van der Waals surface area contributed by atoms with Crippen molar-refractivity contribution in [2.45, 2.75) is 11.8 Å². The van der Waals surface area contributed by atoms with Gasteiger partial charge < -0.3 is 0 Å². The van der Waals surface area contributed by atoms with Gasteiger partial charge in [-0.05, 0) is 36.1 Å². The van der Waals surface area contributed by atoms with Crippen LogP contribution in [0.4, 0.5) is 0 Å². The first-order valence-corrected chi connectivity index (χ1v) is 6.17. The Bertz CT molecular complexity index is 455. The largest absolute Gasteiger partial charge is 0.0981 e. The van der Waals surface area contributed by atoms with E-state index in [1.807, 2.05) is 6.07 Å². The van der Waals surface area contributed by atoms with Gasteiger partial charge in [-0.25, -0.2) is 0 Å². The lowest BCUT2D eigenvalue weighted by Gasteiger charge is -1.96. The summed E-state index contributed by atoms with van der Waals surface area (Å²) in [5.41, 5.74) is 2.54. The Balaban J connectivity index is 1.97. The van der Waals surface area contributed by atoms with E-state index < -0.39 is 0 Å². The quantitative estimate of drug-likeness (QED) is 0.680. The summed E-state index contributed by atoms with van der Waals surface area (Å²) in [5, 5.41) is 2.12. The zero-order chi connectivity index (χ0) is 11.2. The fourth-order valence-electron chi connectivity index (χ4n) is 1.37. The number of rotatable bonds is 3. The molecule has 2 rings (SSSR count). The second kappa shape index (κ2) is 5.57. The van der Waals surface area contributed by atoms with Crippen LogP contribution in [0.1, 0.15) is 11.1 Å². The predicted molar refractivity (Wildman–Crippen MR) is 72.5 cm³/mol. The summed E-state index contributed by atoms with van der Waals surface area (Å²) in [6, 6.07) is 18.9. The molecule has 0 aliphatic heterocycles. The van der Waals surface area contributed by atoms with E-state index in [1.54, 1.807) is 11.8 Å². The highest BCUT2D eigenvalue weighted by Crippen LogP contribution is 2.20. The molecule has 0 aromatic heterocycles. The van der Waals surface area contributed by atoms with Crippen molar-refractivity contribution in [3.63, 3.8) is 0 Å². The molecule has 2 aromatic rings. The minimum atomic E-state index is 1.24. The molecular weight excluding hydrogens is 212 g/mol. The Morgan fingerprint density at radius 2 is 1.56 bits per heavy atom. The fourth-order valence-corrected chi connectivity index (χ4v) is 2.05. The summed E-state index contributed by atoms with van der Waals surface area (Å²) in [4.78, 5) is 1.28. The van der Waals surface area contributed by atoms with Crippen molar-refractivity contribution in [1.29, 1.82) is 0 Å². The first-order chi connectivity index (χ1) is 7.84. The van der Waals surface area contributed by atoms with E-state index in [1.165, 1.54) is 16.0 Å². The third kappa shape index (κ3) is 3.28. The molecule has 16 heavy (non-hydrogen) atoms. The molecule has 0 N–H and O–H groups in total. The van der Waals surface area contributed by atoms with Crippen molar-refractivity contribution in [3.8, 4) is 0 Å². The van der Waals surface area contributed by atoms with Gasteiger partial charge >= 0.3 is 0 Å². The summed E-state index contributed by atoms with van der Waals surface area (Å²) < 4.78 is 0. The van der Waals surface area contributed by atoms with Crippen molar-refractivity contribution in [2.24, 2.45) is 0 Å². The number of hydrogen-bond donors (Lipinski definition) is 0. The van der Waals surface area contributed by atoms with E-state index >= 15 is 0 Å². The second-order valence-electron chi connectivity index (χ2n) is 3.64. The van der Waals surface area contributed by atoms with Crippen LogP contribution in [0.5, 0.6) is 0 Å². The smallest absolute Gasteiger partial charge is 0.0116 e. The van der Waals surface area contributed by atoms with Gasteiger partial charge in [0, 0.05) is 4.90 Å². The number of thioether (sulfide) groups is 1. The van der Waals surface area contributed by atoms with E-state index in [-0.39, 0.29) is 0 Å². The van der Waals surface area contributed by atoms with Crippen molar-refractivity contribution >= 4 is 17.8 Å². The first-order valence-electron chi connectivity index (χ1n) is 5.29. The zero-order valence-corrected chi connectivity index (χ0v) is 10.1. The van der Waals surface area contributed by atoms with E-state index in [0.29, 0.717) is 0 Å². The molecule has 0 aliphatic carbocycles. The molecule has 0 radical (unpaired) electrons. The zero-order valence-electron chi connectivity index (χ0n) is 9.26. The van der Waals surface area contributed by atoms with Gasteiger partial charge in [0.15, 0.2) is 0 Å². The Morgan fingerprint density at radius 1 is 0.875 bits per heavy atom. The maximum absolute atomic E-state index is 2.15. The van der Waals surface area contributed by atoms with Crippen LogP contribution in [-0.2, 0) is 0 Å². The highest BCUT2D eigenvalue weighted by Gasteiger charge is 1.89. The molecule has 0 atom stereocenters. The minimum Gasteiger partial charge on any atom is -0.0981 e. The van der Waals surface area contributed by atoms with Gasteiger partial charge in [-0.15, -0.1) is 0 Å². The summed E-state index contributed by atoms with van der Waals surface area (Å²) in [7, 11) is 0.